The van der Waals surface area contributed by atoms with Crippen LogP contribution in [0.3, 0.4) is 0 Å². The molecule has 0 radical (unpaired) electrons. The normalized spacial score (nSPS) is 25.6. The number of carbonyl (C=O) groups is 4. The van der Waals surface area contributed by atoms with Gasteiger partial charge in [-0.3, -0.25) is 33.6 Å². The zero-order valence-electron chi connectivity index (χ0n) is 23.7. The number of aromatic nitrogens is 2. The van der Waals surface area contributed by atoms with Crippen LogP contribution in [0.2, 0.25) is 0 Å². The largest absolute Gasteiger partial charge is 0.460 e. The number of aryl methyl sites for hydroxylation is 1. The molecular formula is C29H39N5O6. The molecule has 5 rings (SSSR count). The minimum absolute atomic E-state index is 0.0656. The van der Waals surface area contributed by atoms with Gasteiger partial charge in [0, 0.05) is 38.5 Å². The van der Waals surface area contributed by atoms with Gasteiger partial charge in [-0.2, -0.15) is 0 Å². The summed E-state index contributed by atoms with van der Waals surface area (Å²) in [6.45, 7) is 6.56. The molecule has 2 saturated heterocycles. The number of esters is 1. The first kappa shape index (κ1) is 27.9. The first-order chi connectivity index (χ1) is 18.9. The molecule has 0 spiro atoms. The smallest absolute Gasteiger partial charge is 0.329 e. The molecule has 11 nitrogen and oxygen atoms in total. The first-order valence-electron chi connectivity index (χ1n) is 14.2. The van der Waals surface area contributed by atoms with Crippen LogP contribution in [0, 0.1) is 11.8 Å². The summed E-state index contributed by atoms with van der Waals surface area (Å²) < 4.78 is 8.55. The van der Waals surface area contributed by atoms with Gasteiger partial charge in [0.1, 0.15) is 11.6 Å². The third-order valence-electron chi connectivity index (χ3n) is 8.30. The van der Waals surface area contributed by atoms with Crippen LogP contribution in [0.1, 0.15) is 71.8 Å². The van der Waals surface area contributed by atoms with E-state index in [1.807, 2.05) is 43.9 Å². The highest BCUT2D eigenvalue weighted by atomic mass is 16.6. The van der Waals surface area contributed by atoms with Crippen LogP contribution in [-0.2, 0) is 31.0 Å². The Morgan fingerprint density at radius 3 is 2.40 bits per heavy atom. The summed E-state index contributed by atoms with van der Waals surface area (Å²) in [7, 11) is 1.69. The molecule has 11 heteroatoms. The number of nitrogens with zero attached hydrogens (tertiary/aromatic N) is 3. The van der Waals surface area contributed by atoms with Crippen LogP contribution in [0.25, 0.3) is 11.0 Å². The van der Waals surface area contributed by atoms with E-state index in [0.717, 1.165) is 31.4 Å². The number of imide groups is 1. The zero-order valence-corrected chi connectivity index (χ0v) is 23.7. The summed E-state index contributed by atoms with van der Waals surface area (Å²) in [5, 5.41) is 5.93. The standard InChI is InChI=1S/C29H39N5O6/c1-29(2,3)40-27(38)18-14-15-33(16-18)26(37)17-8-10-19(11-9-17)30-20-6-5-7-21-24(20)32(4)28(39)34(21)22-12-13-23(35)31-25(22)36/h5-7,17-19,22,30H,8-16H2,1-4H3,(H,31,35,36)/t17-,18-,19-,22?/m0/s1. The van der Waals surface area contributed by atoms with E-state index in [1.165, 1.54) is 4.57 Å². The number of carbonyl (C=O) groups excluding carboxylic acids is 4. The molecule has 2 aromatic rings. The molecule has 2 N–H and O–H groups in total. The van der Waals surface area contributed by atoms with Gasteiger partial charge in [-0.15, -0.1) is 0 Å². The van der Waals surface area contributed by atoms with E-state index in [-0.39, 0.29) is 54.2 Å². The summed E-state index contributed by atoms with van der Waals surface area (Å²) >= 11 is 0. The number of rotatable bonds is 5. The lowest BCUT2D eigenvalue weighted by molar-refractivity contribution is -0.159. The lowest BCUT2D eigenvalue weighted by Crippen LogP contribution is -2.44. The number of amides is 3. The fourth-order valence-corrected chi connectivity index (χ4v) is 6.29. The van der Waals surface area contributed by atoms with Crippen LogP contribution < -0.4 is 16.3 Å². The Morgan fingerprint density at radius 2 is 1.73 bits per heavy atom. The van der Waals surface area contributed by atoms with Crippen molar-refractivity contribution in [1.82, 2.24) is 19.4 Å². The predicted molar refractivity (Wildman–Crippen MR) is 149 cm³/mol. The number of nitrogens with one attached hydrogen (secondary N) is 2. The molecule has 1 aromatic heterocycles. The highest BCUT2D eigenvalue weighted by Crippen LogP contribution is 2.33. The lowest BCUT2D eigenvalue weighted by Gasteiger charge is -2.31. The summed E-state index contributed by atoms with van der Waals surface area (Å²) in [6.07, 6.45) is 4.22. The quantitative estimate of drug-likeness (QED) is 0.430. The van der Waals surface area contributed by atoms with Gasteiger partial charge in [0.2, 0.25) is 17.7 Å². The topological polar surface area (TPSA) is 132 Å². The molecule has 3 aliphatic rings. The van der Waals surface area contributed by atoms with Crippen LogP contribution in [0.5, 0.6) is 0 Å². The van der Waals surface area contributed by atoms with Gasteiger partial charge >= 0.3 is 11.7 Å². The average molecular weight is 554 g/mol. The number of hydrogen-bond acceptors (Lipinski definition) is 7. The van der Waals surface area contributed by atoms with Crippen molar-refractivity contribution in [1.29, 1.82) is 0 Å². The minimum Gasteiger partial charge on any atom is -0.460 e. The van der Waals surface area contributed by atoms with Crippen LogP contribution in [-0.4, -0.2) is 62.5 Å². The molecule has 40 heavy (non-hydrogen) atoms. The molecule has 216 valence electrons. The maximum atomic E-state index is 13.2. The predicted octanol–water partition coefficient (Wildman–Crippen LogP) is 2.48. The van der Waals surface area contributed by atoms with E-state index in [0.29, 0.717) is 30.5 Å². The second kappa shape index (κ2) is 10.7. The molecule has 1 unspecified atom stereocenters. The van der Waals surface area contributed by atoms with E-state index in [9.17, 15) is 24.0 Å². The fourth-order valence-electron chi connectivity index (χ4n) is 6.29. The Labute approximate surface area is 233 Å². The SMILES string of the molecule is Cn1c(=O)n(C2CCC(=O)NC2=O)c2cccc(N[C@H]3CC[C@H](C(=O)N4CC[C@H](C(=O)OC(C)(C)C)C4)CC3)c21. The second-order valence-corrected chi connectivity index (χ2v) is 12.3. The number of benzene rings is 1. The van der Waals surface area contributed by atoms with Crippen molar-refractivity contribution in [2.45, 2.75) is 83.4 Å². The van der Waals surface area contributed by atoms with E-state index < -0.39 is 17.6 Å². The number of fused-ring (bicyclic) bond motifs is 1. The molecule has 2 atom stereocenters. The van der Waals surface area contributed by atoms with Crippen molar-refractivity contribution in [3.05, 3.63) is 28.7 Å². The van der Waals surface area contributed by atoms with Crippen LogP contribution in [0.4, 0.5) is 5.69 Å². The number of imidazole rings is 1. The molecule has 1 saturated carbocycles. The van der Waals surface area contributed by atoms with Crippen molar-refractivity contribution in [2.75, 3.05) is 18.4 Å². The molecule has 3 fully saturated rings. The second-order valence-electron chi connectivity index (χ2n) is 12.3. The van der Waals surface area contributed by atoms with Crippen molar-refractivity contribution >= 4 is 40.4 Å². The number of hydrogen-bond donors (Lipinski definition) is 2. The van der Waals surface area contributed by atoms with Gasteiger partial charge in [0.25, 0.3) is 0 Å². The van der Waals surface area contributed by atoms with Gasteiger partial charge in [-0.25, -0.2) is 4.79 Å². The number of anilines is 1. The Kier molecular flexibility index (Phi) is 7.50. The highest BCUT2D eigenvalue weighted by molar-refractivity contribution is 6.00. The molecule has 0 bridgehead atoms. The van der Waals surface area contributed by atoms with Gasteiger partial charge < -0.3 is 15.0 Å². The average Bonchev–Trinajstić information content (AvgIpc) is 3.48. The van der Waals surface area contributed by atoms with E-state index in [1.54, 1.807) is 11.6 Å². The highest BCUT2D eigenvalue weighted by Gasteiger charge is 2.37. The first-order valence-corrected chi connectivity index (χ1v) is 14.2. The molecule has 3 amide bonds. The summed E-state index contributed by atoms with van der Waals surface area (Å²) in [5.41, 5.74) is 1.32. The maximum absolute atomic E-state index is 13.2. The number of piperidine rings is 1. The third kappa shape index (κ3) is 5.51. The Bertz CT molecular complexity index is 1390. The van der Waals surface area contributed by atoms with Gasteiger partial charge in [0.15, 0.2) is 0 Å². The lowest BCUT2D eigenvalue weighted by atomic mass is 9.85. The molecule has 1 aromatic carbocycles. The molecular weight excluding hydrogens is 514 g/mol. The van der Waals surface area contributed by atoms with E-state index in [2.05, 4.69) is 10.6 Å². The van der Waals surface area contributed by atoms with Gasteiger partial charge in [0.05, 0.1) is 22.6 Å². The molecule has 3 heterocycles. The molecule has 2 aliphatic heterocycles. The van der Waals surface area contributed by atoms with E-state index in [4.69, 9.17) is 4.74 Å². The number of likely N-dealkylation sites (tertiary alicyclic amines) is 1. The monoisotopic (exact) mass is 553 g/mol. The Morgan fingerprint density at radius 1 is 1.00 bits per heavy atom. The van der Waals surface area contributed by atoms with Crippen molar-refractivity contribution < 1.29 is 23.9 Å². The summed E-state index contributed by atoms with van der Waals surface area (Å²) in [4.78, 5) is 64.9. The summed E-state index contributed by atoms with van der Waals surface area (Å²) in [6, 6.07) is 5.01. The van der Waals surface area contributed by atoms with Gasteiger partial charge in [-0.1, -0.05) is 6.07 Å². The van der Waals surface area contributed by atoms with Crippen LogP contribution >= 0.6 is 0 Å². The minimum atomic E-state index is -0.730. The maximum Gasteiger partial charge on any atom is 0.329 e. The van der Waals surface area contributed by atoms with E-state index >= 15 is 0 Å². The van der Waals surface area contributed by atoms with Gasteiger partial charge in [-0.05, 0) is 71.4 Å². The fraction of sp³-hybridized carbons (Fsp3) is 0.621. The third-order valence-corrected chi connectivity index (χ3v) is 8.30. The zero-order chi connectivity index (χ0) is 28.8. The van der Waals surface area contributed by atoms with Crippen molar-refractivity contribution in [2.24, 2.45) is 18.9 Å². The molecule has 1 aliphatic carbocycles. The Balaban J connectivity index is 1.22. The van der Waals surface area contributed by atoms with Crippen LogP contribution in [0.15, 0.2) is 23.0 Å². The number of ether oxygens (including phenoxy) is 1. The van der Waals surface area contributed by atoms with Crippen molar-refractivity contribution in [3.8, 4) is 0 Å². The Hall–Kier alpha value is -3.63. The summed E-state index contributed by atoms with van der Waals surface area (Å²) in [5.74, 6) is -1.22. The van der Waals surface area contributed by atoms with Crippen molar-refractivity contribution in [3.63, 3.8) is 0 Å². The number of para-hydroxylation sites is 1.